The van der Waals surface area contributed by atoms with Crippen LogP contribution >= 0.6 is 11.6 Å². The van der Waals surface area contributed by atoms with Crippen molar-refractivity contribution < 1.29 is 12.9 Å². The quantitative estimate of drug-likeness (QED) is 0.530. The molecule has 8 heteroatoms. The highest BCUT2D eigenvalue weighted by Crippen LogP contribution is 2.26. The molecule has 0 aliphatic rings. The molecule has 134 valence electrons. The number of nitrogens with one attached hydrogen (secondary N) is 1. The Morgan fingerprint density at radius 1 is 1.08 bits per heavy atom. The van der Waals surface area contributed by atoms with E-state index in [0.717, 1.165) is 11.1 Å². The lowest BCUT2D eigenvalue weighted by atomic mass is 10.1. The van der Waals surface area contributed by atoms with Gasteiger partial charge in [-0.2, -0.15) is 18.4 Å². The van der Waals surface area contributed by atoms with Crippen molar-refractivity contribution in [1.29, 1.82) is 0 Å². The van der Waals surface area contributed by atoms with Gasteiger partial charge < -0.3 is 4.52 Å². The lowest BCUT2D eigenvalue weighted by Crippen LogP contribution is -2.19. The van der Waals surface area contributed by atoms with Gasteiger partial charge in [-0.1, -0.05) is 64.8 Å². The van der Waals surface area contributed by atoms with Crippen LogP contribution in [0.1, 0.15) is 16.9 Å². The summed E-state index contributed by atoms with van der Waals surface area (Å²) in [7, 11) is -3.83. The summed E-state index contributed by atoms with van der Waals surface area (Å²) >= 11 is 6.25. The molecule has 0 amide bonds. The summed E-state index contributed by atoms with van der Waals surface area (Å²) in [6.45, 7) is 3.56. The Balaban J connectivity index is 1.91. The first-order valence-corrected chi connectivity index (χ1v) is 9.58. The topological polar surface area (TPSA) is 84.6 Å². The largest absolute Gasteiger partial charge is 0.360 e. The lowest BCUT2D eigenvalue weighted by Gasteiger charge is -2.05. The van der Waals surface area contributed by atoms with Crippen molar-refractivity contribution in [2.24, 2.45) is 5.10 Å². The molecule has 0 atom stereocenters. The molecule has 1 N–H and O–H groups in total. The maximum atomic E-state index is 12.3. The van der Waals surface area contributed by atoms with Crippen LogP contribution in [0, 0.1) is 13.8 Å². The number of aromatic nitrogens is 1. The van der Waals surface area contributed by atoms with Crippen molar-refractivity contribution in [2.75, 3.05) is 0 Å². The SMILES string of the molecule is Cc1ccc(S(=O)(=O)NN=C(Cl)c2c(-c3ccccc3)noc2C)cc1. The van der Waals surface area contributed by atoms with Gasteiger partial charge in [0, 0.05) is 5.56 Å². The smallest absolute Gasteiger partial charge is 0.276 e. The van der Waals surface area contributed by atoms with E-state index in [4.69, 9.17) is 16.1 Å². The first kappa shape index (κ1) is 18.2. The van der Waals surface area contributed by atoms with Gasteiger partial charge in [-0.15, -0.1) is 0 Å². The molecule has 26 heavy (non-hydrogen) atoms. The minimum atomic E-state index is -3.83. The molecule has 0 fully saturated rings. The van der Waals surface area contributed by atoms with Gasteiger partial charge in [0.15, 0.2) is 5.17 Å². The molecule has 0 unspecified atom stereocenters. The zero-order valence-electron chi connectivity index (χ0n) is 14.1. The molecule has 3 aromatic rings. The number of hydrazone groups is 1. The van der Waals surface area contributed by atoms with E-state index in [1.54, 1.807) is 19.1 Å². The van der Waals surface area contributed by atoms with E-state index in [0.29, 0.717) is 17.0 Å². The van der Waals surface area contributed by atoms with Crippen molar-refractivity contribution in [3.8, 4) is 11.3 Å². The fourth-order valence-electron chi connectivity index (χ4n) is 2.33. The average molecular weight is 390 g/mol. The van der Waals surface area contributed by atoms with Gasteiger partial charge in [-0.3, -0.25) is 0 Å². The third-order valence-corrected chi connectivity index (χ3v) is 5.21. The molecule has 0 spiro atoms. The average Bonchev–Trinajstić information content (AvgIpc) is 3.02. The maximum absolute atomic E-state index is 12.3. The summed E-state index contributed by atoms with van der Waals surface area (Å²) in [5.74, 6) is 0.437. The van der Waals surface area contributed by atoms with Gasteiger partial charge in [0.1, 0.15) is 11.5 Å². The molecule has 3 rings (SSSR count). The molecule has 2 aromatic carbocycles. The maximum Gasteiger partial charge on any atom is 0.276 e. The van der Waals surface area contributed by atoms with Crippen LogP contribution in [0.5, 0.6) is 0 Å². The molecular weight excluding hydrogens is 374 g/mol. The van der Waals surface area contributed by atoms with E-state index in [-0.39, 0.29) is 10.1 Å². The summed E-state index contributed by atoms with van der Waals surface area (Å²) < 4.78 is 29.9. The molecule has 0 saturated carbocycles. The zero-order valence-corrected chi connectivity index (χ0v) is 15.7. The number of halogens is 1. The van der Waals surface area contributed by atoms with E-state index in [9.17, 15) is 8.42 Å². The van der Waals surface area contributed by atoms with Crippen molar-refractivity contribution in [1.82, 2.24) is 9.99 Å². The first-order chi connectivity index (χ1) is 12.4. The second-order valence-corrected chi connectivity index (χ2v) is 7.66. The molecule has 1 heterocycles. The third kappa shape index (κ3) is 3.79. The van der Waals surface area contributed by atoms with Crippen LogP contribution in [0.3, 0.4) is 0 Å². The van der Waals surface area contributed by atoms with E-state index in [1.807, 2.05) is 37.3 Å². The van der Waals surface area contributed by atoms with E-state index < -0.39 is 10.0 Å². The number of hydrogen-bond acceptors (Lipinski definition) is 5. The van der Waals surface area contributed by atoms with Crippen LogP contribution in [-0.2, 0) is 10.0 Å². The van der Waals surface area contributed by atoms with Crippen molar-refractivity contribution in [3.05, 3.63) is 71.5 Å². The molecule has 6 nitrogen and oxygen atoms in total. The van der Waals surface area contributed by atoms with Crippen molar-refractivity contribution in [3.63, 3.8) is 0 Å². The molecular formula is C18H16ClN3O3S. The zero-order chi connectivity index (χ0) is 18.7. The minimum Gasteiger partial charge on any atom is -0.360 e. The number of sulfonamides is 1. The molecule has 0 radical (unpaired) electrons. The van der Waals surface area contributed by atoms with Gasteiger partial charge in [0.05, 0.1) is 10.5 Å². The van der Waals surface area contributed by atoms with Crippen molar-refractivity contribution >= 4 is 26.8 Å². The van der Waals surface area contributed by atoms with Crippen LogP contribution in [0.15, 0.2) is 69.1 Å². The number of nitrogens with zero attached hydrogens (tertiary/aromatic N) is 2. The molecule has 0 bridgehead atoms. The van der Waals surface area contributed by atoms with Crippen LogP contribution in [0.2, 0.25) is 0 Å². The summed E-state index contributed by atoms with van der Waals surface area (Å²) in [4.78, 5) is 2.25. The van der Waals surface area contributed by atoms with Gasteiger partial charge in [-0.25, -0.2) is 0 Å². The van der Waals surface area contributed by atoms with Gasteiger partial charge in [0.25, 0.3) is 10.0 Å². The minimum absolute atomic E-state index is 0.0571. The normalized spacial score (nSPS) is 12.2. The number of benzene rings is 2. The van der Waals surface area contributed by atoms with E-state index in [2.05, 4.69) is 15.1 Å². The van der Waals surface area contributed by atoms with Crippen molar-refractivity contribution in [2.45, 2.75) is 18.7 Å². The summed E-state index contributed by atoms with van der Waals surface area (Å²) in [6, 6.07) is 15.7. The van der Waals surface area contributed by atoms with E-state index in [1.165, 1.54) is 12.1 Å². The Kier molecular flexibility index (Phi) is 5.11. The highest BCUT2D eigenvalue weighted by atomic mass is 35.5. The second-order valence-electron chi connectivity index (χ2n) is 5.64. The second kappa shape index (κ2) is 7.31. The standard InChI is InChI=1S/C18H16ClN3O3S/c1-12-8-10-15(11-9-12)26(23,24)22-20-18(19)16-13(2)25-21-17(16)14-6-4-3-5-7-14/h3-11,22H,1-2H3. The Labute approximate surface area is 156 Å². The van der Waals surface area contributed by atoms with E-state index >= 15 is 0 Å². The summed E-state index contributed by atoms with van der Waals surface area (Å²) in [6.07, 6.45) is 0. The highest BCUT2D eigenvalue weighted by Gasteiger charge is 2.20. The van der Waals surface area contributed by atoms with Crippen LogP contribution in [-0.4, -0.2) is 18.7 Å². The molecule has 0 saturated heterocycles. The Morgan fingerprint density at radius 2 is 1.73 bits per heavy atom. The predicted octanol–water partition coefficient (Wildman–Crippen LogP) is 3.84. The van der Waals surface area contributed by atoms with Crippen LogP contribution < -0.4 is 4.83 Å². The number of rotatable bonds is 5. The Bertz CT molecular complexity index is 1040. The fourth-order valence-corrected chi connectivity index (χ4v) is 3.46. The molecule has 0 aliphatic carbocycles. The monoisotopic (exact) mass is 389 g/mol. The number of hydrogen-bond donors (Lipinski definition) is 1. The van der Waals surface area contributed by atoms with Crippen LogP contribution in [0.4, 0.5) is 0 Å². The summed E-state index contributed by atoms with van der Waals surface area (Å²) in [5.41, 5.74) is 2.67. The third-order valence-electron chi connectivity index (χ3n) is 3.71. The molecule has 0 aliphatic heterocycles. The first-order valence-electron chi connectivity index (χ1n) is 7.72. The lowest BCUT2D eigenvalue weighted by molar-refractivity contribution is 0.399. The van der Waals surface area contributed by atoms with Gasteiger partial charge in [0.2, 0.25) is 0 Å². The summed E-state index contributed by atoms with van der Waals surface area (Å²) in [5, 5.41) is 7.77. The van der Waals surface area contributed by atoms with Gasteiger partial charge in [-0.05, 0) is 26.0 Å². The van der Waals surface area contributed by atoms with Crippen LogP contribution in [0.25, 0.3) is 11.3 Å². The molecule has 1 aromatic heterocycles. The Hall–Kier alpha value is -2.64. The van der Waals surface area contributed by atoms with Gasteiger partial charge >= 0.3 is 0 Å². The predicted molar refractivity (Wildman–Crippen MR) is 101 cm³/mol. The Morgan fingerprint density at radius 3 is 2.38 bits per heavy atom. The number of aryl methyl sites for hydroxylation is 2. The fraction of sp³-hybridized carbons (Fsp3) is 0.111. The highest BCUT2D eigenvalue weighted by molar-refractivity contribution is 7.89.